The number of benzene rings is 1. The highest BCUT2D eigenvalue weighted by Crippen LogP contribution is 2.28. The first-order chi connectivity index (χ1) is 11.3. The Kier molecular flexibility index (Phi) is 7.96. The van der Waals surface area contributed by atoms with Crippen LogP contribution in [-0.4, -0.2) is 22.2 Å². The Morgan fingerprint density at radius 1 is 1.04 bits per heavy atom. The molecular formula is C20H30O4. The molecule has 1 rings (SSSR count). The van der Waals surface area contributed by atoms with Crippen LogP contribution in [0.25, 0.3) is 0 Å². The molecule has 2 N–H and O–H groups in total. The van der Waals surface area contributed by atoms with E-state index in [1.165, 1.54) is 6.07 Å². The minimum absolute atomic E-state index is 0.0180. The van der Waals surface area contributed by atoms with Crippen molar-refractivity contribution in [2.45, 2.75) is 66.2 Å². The molecule has 4 nitrogen and oxygen atoms in total. The molecule has 1 aromatic rings. The van der Waals surface area contributed by atoms with E-state index in [0.29, 0.717) is 18.3 Å². The van der Waals surface area contributed by atoms with Crippen LogP contribution in [0.5, 0.6) is 0 Å². The zero-order chi connectivity index (χ0) is 18.3. The molecule has 0 bridgehead atoms. The molecule has 0 saturated heterocycles. The zero-order valence-electron chi connectivity index (χ0n) is 15.3. The summed E-state index contributed by atoms with van der Waals surface area (Å²) in [6.07, 6.45) is 5.64. The van der Waals surface area contributed by atoms with Gasteiger partial charge in [0.2, 0.25) is 0 Å². The van der Waals surface area contributed by atoms with Crippen molar-refractivity contribution in [3.8, 4) is 0 Å². The molecule has 0 aliphatic carbocycles. The third-order valence-electron chi connectivity index (χ3n) is 4.52. The largest absolute Gasteiger partial charge is 0.478 e. The number of hydrogen-bond donors (Lipinski definition) is 2. The summed E-state index contributed by atoms with van der Waals surface area (Å²) in [7, 11) is 0. The van der Waals surface area contributed by atoms with Crippen molar-refractivity contribution in [3.05, 3.63) is 34.4 Å². The lowest BCUT2D eigenvalue weighted by molar-refractivity contribution is 0.0650. The highest BCUT2D eigenvalue weighted by molar-refractivity contribution is 6.03. The first-order valence-corrected chi connectivity index (χ1v) is 8.93. The maximum absolute atomic E-state index is 11.8. The number of hydrogen-bond acceptors (Lipinski definition) is 2. The molecule has 0 fully saturated rings. The van der Waals surface area contributed by atoms with Crippen LogP contribution < -0.4 is 0 Å². The van der Waals surface area contributed by atoms with Crippen molar-refractivity contribution >= 4 is 11.9 Å². The summed E-state index contributed by atoms with van der Waals surface area (Å²) in [6.45, 7) is 8.43. The molecule has 24 heavy (non-hydrogen) atoms. The molecule has 0 heterocycles. The third kappa shape index (κ3) is 5.36. The first-order valence-electron chi connectivity index (χ1n) is 8.93. The molecule has 0 aliphatic heterocycles. The van der Waals surface area contributed by atoms with E-state index in [9.17, 15) is 19.8 Å². The highest BCUT2D eigenvalue weighted by Gasteiger charge is 2.24. The van der Waals surface area contributed by atoms with E-state index in [0.717, 1.165) is 43.2 Å². The summed E-state index contributed by atoms with van der Waals surface area (Å²) in [5.74, 6) is -1.54. The molecule has 0 saturated carbocycles. The van der Waals surface area contributed by atoms with Gasteiger partial charge in [0.05, 0.1) is 11.1 Å². The molecule has 4 heteroatoms. The van der Waals surface area contributed by atoms with Crippen LogP contribution >= 0.6 is 0 Å². The smallest absolute Gasteiger partial charge is 0.336 e. The normalized spacial score (nSPS) is 12.4. The molecule has 1 aromatic carbocycles. The molecule has 1 unspecified atom stereocenters. The Hall–Kier alpha value is -1.84. The van der Waals surface area contributed by atoms with E-state index in [2.05, 4.69) is 27.7 Å². The Bertz CT molecular complexity index is 575. The average Bonchev–Trinajstić information content (AvgIpc) is 2.51. The average molecular weight is 334 g/mol. The SMILES string of the molecule is CCCCC(CC)Cc1c(CC(C)C)ccc(C(=O)O)c1C(=O)O. The maximum atomic E-state index is 11.8. The second kappa shape index (κ2) is 9.45. The summed E-state index contributed by atoms with van der Waals surface area (Å²) < 4.78 is 0. The van der Waals surface area contributed by atoms with Gasteiger partial charge in [-0.1, -0.05) is 59.4 Å². The fourth-order valence-corrected chi connectivity index (χ4v) is 3.21. The Morgan fingerprint density at radius 3 is 2.17 bits per heavy atom. The lowest BCUT2D eigenvalue weighted by Crippen LogP contribution is -2.17. The summed E-state index contributed by atoms with van der Waals surface area (Å²) in [6, 6.07) is 3.25. The number of carboxylic acid groups (broad SMARTS) is 2. The van der Waals surface area contributed by atoms with E-state index in [4.69, 9.17) is 0 Å². The van der Waals surface area contributed by atoms with Crippen molar-refractivity contribution in [3.63, 3.8) is 0 Å². The van der Waals surface area contributed by atoms with Gasteiger partial charge in [-0.15, -0.1) is 0 Å². The lowest BCUT2D eigenvalue weighted by Gasteiger charge is -2.21. The van der Waals surface area contributed by atoms with Crippen LogP contribution in [0.4, 0.5) is 0 Å². The number of rotatable bonds is 10. The van der Waals surface area contributed by atoms with Crippen LogP contribution in [0.3, 0.4) is 0 Å². The van der Waals surface area contributed by atoms with Gasteiger partial charge in [-0.2, -0.15) is 0 Å². The van der Waals surface area contributed by atoms with Gasteiger partial charge in [0.1, 0.15) is 0 Å². The fraction of sp³-hybridized carbons (Fsp3) is 0.600. The van der Waals surface area contributed by atoms with Gasteiger partial charge >= 0.3 is 11.9 Å². The highest BCUT2D eigenvalue weighted by atomic mass is 16.4. The van der Waals surface area contributed by atoms with E-state index >= 15 is 0 Å². The van der Waals surface area contributed by atoms with Crippen molar-refractivity contribution in [2.24, 2.45) is 11.8 Å². The number of unbranched alkanes of at least 4 members (excludes halogenated alkanes) is 1. The summed E-state index contributed by atoms with van der Waals surface area (Å²) in [5.41, 5.74) is 1.58. The number of carboxylic acids is 2. The molecule has 0 radical (unpaired) electrons. The second-order valence-corrected chi connectivity index (χ2v) is 6.95. The Morgan fingerprint density at radius 2 is 1.71 bits per heavy atom. The second-order valence-electron chi connectivity index (χ2n) is 6.95. The van der Waals surface area contributed by atoms with E-state index in [1.807, 2.05) is 0 Å². The van der Waals surface area contributed by atoms with Crippen LogP contribution in [-0.2, 0) is 12.8 Å². The monoisotopic (exact) mass is 334 g/mol. The van der Waals surface area contributed by atoms with Crippen molar-refractivity contribution in [1.29, 1.82) is 0 Å². The van der Waals surface area contributed by atoms with Gasteiger partial charge in [-0.3, -0.25) is 0 Å². The van der Waals surface area contributed by atoms with Crippen molar-refractivity contribution in [2.75, 3.05) is 0 Å². The van der Waals surface area contributed by atoms with E-state index < -0.39 is 11.9 Å². The van der Waals surface area contributed by atoms with Gasteiger partial charge in [0.25, 0.3) is 0 Å². The van der Waals surface area contributed by atoms with Crippen molar-refractivity contribution < 1.29 is 19.8 Å². The summed E-state index contributed by atoms with van der Waals surface area (Å²) in [4.78, 5) is 23.3. The van der Waals surface area contributed by atoms with E-state index in [1.54, 1.807) is 6.07 Å². The van der Waals surface area contributed by atoms with Gasteiger partial charge in [-0.05, 0) is 41.9 Å². The third-order valence-corrected chi connectivity index (χ3v) is 4.52. The van der Waals surface area contributed by atoms with Gasteiger partial charge < -0.3 is 10.2 Å². The Balaban J connectivity index is 3.40. The zero-order valence-corrected chi connectivity index (χ0v) is 15.3. The predicted molar refractivity (Wildman–Crippen MR) is 95.9 cm³/mol. The fourth-order valence-electron chi connectivity index (χ4n) is 3.21. The van der Waals surface area contributed by atoms with Gasteiger partial charge in [0.15, 0.2) is 0 Å². The van der Waals surface area contributed by atoms with Crippen LogP contribution in [0.2, 0.25) is 0 Å². The summed E-state index contributed by atoms with van der Waals surface area (Å²) in [5, 5.41) is 19.0. The molecule has 0 aromatic heterocycles. The standard InChI is InChI=1S/C20H30O4/c1-5-7-8-14(6-2)12-17-15(11-13(3)4)9-10-16(19(21)22)18(17)20(23)24/h9-10,13-14H,5-8,11-12H2,1-4H3,(H,21,22)(H,23,24). The van der Waals surface area contributed by atoms with Crippen molar-refractivity contribution in [1.82, 2.24) is 0 Å². The van der Waals surface area contributed by atoms with Crippen LogP contribution in [0.15, 0.2) is 12.1 Å². The molecule has 0 amide bonds. The minimum atomic E-state index is -1.17. The molecular weight excluding hydrogens is 304 g/mol. The maximum Gasteiger partial charge on any atom is 0.336 e. The van der Waals surface area contributed by atoms with E-state index in [-0.39, 0.29) is 11.1 Å². The quantitative estimate of drug-likeness (QED) is 0.628. The topological polar surface area (TPSA) is 74.6 Å². The predicted octanol–water partition coefficient (Wildman–Crippen LogP) is 5.04. The molecule has 1 atom stereocenters. The molecule has 0 spiro atoms. The van der Waals surface area contributed by atoms with Crippen LogP contribution in [0, 0.1) is 11.8 Å². The Labute approximate surface area is 144 Å². The lowest BCUT2D eigenvalue weighted by atomic mass is 9.83. The summed E-state index contributed by atoms with van der Waals surface area (Å²) >= 11 is 0. The van der Waals surface area contributed by atoms with Gasteiger partial charge in [-0.25, -0.2) is 9.59 Å². The minimum Gasteiger partial charge on any atom is -0.478 e. The van der Waals surface area contributed by atoms with Gasteiger partial charge in [0, 0.05) is 0 Å². The molecule has 134 valence electrons. The first kappa shape index (κ1) is 20.2. The van der Waals surface area contributed by atoms with Crippen LogP contribution in [0.1, 0.15) is 85.2 Å². The molecule has 0 aliphatic rings. The number of carbonyl (C=O) groups is 2. The number of aromatic carboxylic acids is 2.